The van der Waals surface area contributed by atoms with Gasteiger partial charge >= 0.3 is 5.69 Å². The Hall–Kier alpha value is -1.96. The molecule has 0 saturated heterocycles. The van der Waals surface area contributed by atoms with Crippen molar-refractivity contribution in [3.8, 4) is 0 Å². The summed E-state index contributed by atoms with van der Waals surface area (Å²) >= 11 is 0. The van der Waals surface area contributed by atoms with Gasteiger partial charge in [0.1, 0.15) is 5.82 Å². The van der Waals surface area contributed by atoms with Gasteiger partial charge in [-0.1, -0.05) is 0 Å². The van der Waals surface area contributed by atoms with E-state index in [1.54, 1.807) is 0 Å². The molecule has 0 unspecified atom stereocenters. The first kappa shape index (κ1) is 11.1. The molecule has 4 N–H and O–H groups in total. The number of aliphatic hydroxyl groups excluding tert-OH is 1. The third-order valence-corrected chi connectivity index (χ3v) is 1.82. The Balaban J connectivity index is 3.33. The number of hydrogen-bond donors (Lipinski definition) is 3. The maximum atomic E-state index is 11.4. The number of aliphatic hydroxyl groups is 1. The van der Waals surface area contributed by atoms with Crippen molar-refractivity contribution >= 4 is 11.5 Å². The zero-order chi connectivity index (χ0) is 11.4. The fourth-order valence-electron chi connectivity index (χ4n) is 1.10. The molecule has 1 heterocycles. The van der Waals surface area contributed by atoms with E-state index in [0.717, 1.165) is 4.57 Å². The van der Waals surface area contributed by atoms with E-state index in [4.69, 9.17) is 10.8 Å². The standard InChI is InChI=1S/C7H10N4O4/c8-5-4(10-15)6(13)11(2-1-3-12)7(14)9-5/h12H,1-3,8H2,(H,9,14). The molecule has 1 rings (SSSR count). The molecule has 0 spiro atoms. The number of nitrogen functional groups attached to an aromatic ring is 1. The Morgan fingerprint density at radius 3 is 2.67 bits per heavy atom. The Kier molecular flexibility index (Phi) is 3.34. The second kappa shape index (κ2) is 4.51. The summed E-state index contributed by atoms with van der Waals surface area (Å²) < 4.78 is 0.767. The summed E-state index contributed by atoms with van der Waals surface area (Å²) in [6.07, 6.45) is 0.227. The van der Waals surface area contributed by atoms with Crippen molar-refractivity contribution in [2.45, 2.75) is 13.0 Å². The van der Waals surface area contributed by atoms with Gasteiger partial charge in [0.25, 0.3) is 5.56 Å². The number of anilines is 1. The number of nitroso groups, excluding NO2 is 1. The lowest BCUT2D eigenvalue weighted by molar-refractivity contribution is 0.278. The van der Waals surface area contributed by atoms with Gasteiger partial charge in [-0.05, 0) is 11.6 Å². The minimum Gasteiger partial charge on any atom is -0.396 e. The van der Waals surface area contributed by atoms with E-state index in [2.05, 4.69) is 10.2 Å². The van der Waals surface area contributed by atoms with Gasteiger partial charge in [0.2, 0.25) is 5.69 Å². The highest BCUT2D eigenvalue weighted by atomic mass is 16.3. The van der Waals surface area contributed by atoms with Crippen molar-refractivity contribution < 1.29 is 5.11 Å². The third kappa shape index (κ3) is 2.10. The highest BCUT2D eigenvalue weighted by Crippen LogP contribution is 2.09. The fourth-order valence-corrected chi connectivity index (χ4v) is 1.10. The van der Waals surface area contributed by atoms with Crippen LogP contribution in [-0.2, 0) is 6.54 Å². The van der Waals surface area contributed by atoms with E-state index in [9.17, 15) is 14.5 Å². The van der Waals surface area contributed by atoms with Gasteiger partial charge in [0.05, 0.1) is 0 Å². The Labute approximate surface area is 83.3 Å². The summed E-state index contributed by atoms with van der Waals surface area (Å²) in [6, 6.07) is 0. The quantitative estimate of drug-likeness (QED) is 0.547. The monoisotopic (exact) mass is 214 g/mol. The molecule has 0 bridgehead atoms. The number of rotatable bonds is 4. The molecule has 0 aliphatic heterocycles. The molecule has 8 nitrogen and oxygen atoms in total. The number of nitrogens with one attached hydrogen (secondary N) is 1. The number of aromatic amines is 1. The Bertz CT molecular complexity index is 475. The lowest BCUT2D eigenvalue weighted by Gasteiger charge is -2.04. The summed E-state index contributed by atoms with van der Waals surface area (Å²) in [4.78, 5) is 35.1. The van der Waals surface area contributed by atoms with E-state index in [-0.39, 0.29) is 25.4 Å². The van der Waals surface area contributed by atoms with Gasteiger partial charge in [0.15, 0.2) is 0 Å². The molecule has 1 aromatic rings. The minimum atomic E-state index is -0.847. The van der Waals surface area contributed by atoms with Crippen molar-refractivity contribution in [2.24, 2.45) is 5.18 Å². The molecule has 15 heavy (non-hydrogen) atoms. The predicted octanol–water partition coefficient (Wildman–Crippen LogP) is -1.10. The van der Waals surface area contributed by atoms with Crippen molar-refractivity contribution in [3.05, 3.63) is 25.7 Å². The van der Waals surface area contributed by atoms with Crippen molar-refractivity contribution in [3.63, 3.8) is 0 Å². The van der Waals surface area contributed by atoms with Crippen LogP contribution in [0.1, 0.15) is 6.42 Å². The van der Waals surface area contributed by atoms with Crippen molar-refractivity contribution in [2.75, 3.05) is 12.3 Å². The molecule has 0 aliphatic rings. The first-order valence-corrected chi connectivity index (χ1v) is 4.18. The second-order valence-electron chi connectivity index (χ2n) is 2.82. The smallest absolute Gasteiger partial charge is 0.330 e. The van der Waals surface area contributed by atoms with Crippen LogP contribution in [-0.4, -0.2) is 21.3 Å². The van der Waals surface area contributed by atoms with E-state index in [1.807, 2.05) is 0 Å². The van der Waals surface area contributed by atoms with E-state index < -0.39 is 16.9 Å². The zero-order valence-electron chi connectivity index (χ0n) is 7.77. The molecule has 82 valence electrons. The van der Waals surface area contributed by atoms with Crippen LogP contribution >= 0.6 is 0 Å². The number of nitrogens with two attached hydrogens (primary N) is 1. The number of aromatic nitrogens is 2. The molecule has 0 radical (unpaired) electrons. The van der Waals surface area contributed by atoms with E-state index >= 15 is 0 Å². The zero-order valence-corrected chi connectivity index (χ0v) is 7.77. The van der Waals surface area contributed by atoms with Gasteiger partial charge in [0, 0.05) is 13.2 Å². The molecule has 0 fully saturated rings. The third-order valence-electron chi connectivity index (χ3n) is 1.82. The van der Waals surface area contributed by atoms with Crippen LogP contribution in [0.25, 0.3) is 0 Å². The van der Waals surface area contributed by atoms with Crippen LogP contribution in [0.4, 0.5) is 11.5 Å². The lowest BCUT2D eigenvalue weighted by Crippen LogP contribution is -2.35. The van der Waals surface area contributed by atoms with E-state index in [1.165, 1.54) is 0 Å². The molecular formula is C7H10N4O4. The van der Waals surface area contributed by atoms with Crippen molar-refractivity contribution in [1.82, 2.24) is 9.55 Å². The molecule has 0 atom stereocenters. The van der Waals surface area contributed by atoms with Crippen molar-refractivity contribution in [1.29, 1.82) is 0 Å². The van der Waals surface area contributed by atoms with Crippen LogP contribution in [0.2, 0.25) is 0 Å². The summed E-state index contributed by atoms with van der Waals surface area (Å²) in [5.41, 5.74) is 3.13. The summed E-state index contributed by atoms with van der Waals surface area (Å²) in [6.45, 7) is -0.159. The average Bonchev–Trinajstić information content (AvgIpc) is 2.17. The summed E-state index contributed by atoms with van der Waals surface area (Å²) in [7, 11) is 0. The molecule has 0 aliphatic carbocycles. The van der Waals surface area contributed by atoms with E-state index in [0.29, 0.717) is 0 Å². The highest BCUT2D eigenvalue weighted by Gasteiger charge is 2.11. The maximum absolute atomic E-state index is 11.4. The van der Waals surface area contributed by atoms with Crippen LogP contribution < -0.4 is 17.0 Å². The lowest BCUT2D eigenvalue weighted by atomic mass is 10.4. The molecular weight excluding hydrogens is 204 g/mol. The molecule has 0 saturated carbocycles. The fraction of sp³-hybridized carbons (Fsp3) is 0.429. The van der Waals surface area contributed by atoms with Crippen LogP contribution in [0, 0.1) is 4.91 Å². The Morgan fingerprint density at radius 1 is 1.47 bits per heavy atom. The maximum Gasteiger partial charge on any atom is 0.330 e. The van der Waals surface area contributed by atoms with Gasteiger partial charge < -0.3 is 10.8 Å². The van der Waals surface area contributed by atoms with Crippen LogP contribution in [0.5, 0.6) is 0 Å². The SMILES string of the molecule is Nc1[nH]c(=O)n(CCCO)c(=O)c1N=O. The predicted molar refractivity (Wildman–Crippen MR) is 52.9 cm³/mol. The van der Waals surface area contributed by atoms with Gasteiger partial charge in [-0.25, -0.2) is 4.79 Å². The van der Waals surface area contributed by atoms with Crippen LogP contribution in [0.15, 0.2) is 14.8 Å². The van der Waals surface area contributed by atoms with Gasteiger partial charge in [-0.3, -0.25) is 14.3 Å². The first-order chi connectivity index (χ1) is 7.11. The molecule has 8 heteroatoms. The topological polar surface area (TPSA) is 131 Å². The molecule has 0 amide bonds. The molecule has 0 aromatic carbocycles. The normalized spacial score (nSPS) is 10.2. The summed E-state index contributed by atoms with van der Waals surface area (Å²) in [5, 5.41) is 11.0. The number of nitrogens with zero attached hydrogens (tertiary/aromatic N) is 2. The van der Waals surface area contributed by atoms with Gasteiger partial charge in [-0.15, -0.1) is 4.91 Å². The average molecular weight is 214 g/mol. The first-order valence-electron chi connectivity index (χ1n) is 4.18. The second-order valence-corrected chi connectivity index (χ2v) is 2.82. The molecule has 1 aromatic heterocycles. The highest BCUT2D eigenvalue weighted by molar-refractivity contribution is 5.54. The number of hydrogen-bond acceptors (Lipinski definition) is 6. The summed E-state index contributed by atoms with van der Waals surface area (Å²) in [5.74, 6) is -0.347. The minimum absolute atomic E-state index is 0.00741. The van der Waals surface area contributed by atoms with Crippen LogP contribution in [0.3, 0.4) is 0 Å². The van der Waals surface area contributed by atoms with Gasteiger partial charge in [-0.2, -0.15) is 0 Å². The number of H-pyrrole nitrogens is 1. The largest absolute Gasteiger partial charge is 0.396 e. The Morgan fingerprint density at radius 2 is 2.13 bits per heavy atom.